The van der Waals surface area contributed by atoms with Crippen LogP contribution in [0.3, 0.4) is 0 Å². The first-order valence-corrected chi connectivity index (χ1v) is 10.6. The van der Waals surface area contributed by atoms with Crippen LogP contribution in [-0.2, 0) is 11.0 Å². The van der Waals surface area contributed by atoms with E-state index in [4.69, 9.17) is 0 Å². The summed E-state index contributed by atoms with van der Waals surface area (Å²) in [5.74, 6) is 0.395. The standard InChI is InChI=1S/C23H24F3N5O2/c1-14-12-17-18(13-15(14)2)31(22(33)20(28-17)23(24,25)26)16(3)21(32)30-10-8-29(9-11-30)19-6-4-5-7-27-19/h4-7,12-13,16H,8-11H2,1-3H3/t16-/m0/s1. The van der Waals surface area contributed by atoms with Crippen molar-refractivity contribution in [1.82, 2.24) is 19.4 Å². The molecule has 1 saturated heterocycles. The van der Waals surface area contributed by atoms with Crippen LogP contribution in [0.2, 0.25) is 0 Å². The number of pyridine rings is 1. The molecule has 3 heterocycles. The molecule has 0 radical (unpaired) electrons. The number of benzene rings is 1. The van der Waals surface area contributed by atoms with Crippen LogP contribution in [0.15, 0.2) is 41.3 Å². The molecule has 1 aliphatic rings. The van der Waals surface area contributed by atoms with Gasteiger partial charge in [0.1, 0.15) is 11.9 Å². The molecule has 3 aromatic rings. The van der Waals surface area contributed by atoms with Gasteiger partial charge in [-0.25, -0.2) is 9.97 Å². The minimum absolute atomic E-state index is 0.0321. The molecule has 174 valence electrons. The monoisotopic (exact) mass is 459 g/mol. The molecule has 2 aromatic heterocycles. The Kier molecular flexibility index (Phi) is 5.85. The van der Waals surface area contributed by atoms with Crippen molar-refractivity contribution in [2.24, 2.45) is 0 Å². The molecule has 1 aromatic carbocycles. The van der Waals surface area contributed by atoms with E-state index in [1.165, 1.54) is 13.0 Å². The number of anilines is 1. The summed E-state index contributed by atoms with van der Waals surface area (Å²) < 4.78 is 41.7. The van der Waals surface area contributed by atoms with E-state index in [-0.39, 0.29) is 11.0 Å². The molecule has 1 amide bonds. The molecular weight excluding hydrogens is 435 g/mol. The highest BCUT2D eigenvalue weighted by Crippen LogP contribution is 2.29. The number of aromatic nitrogens is 3. The molecule has 1 atom stereocenters. The number of fused-ring (bicyclic) bond motifs is 1. The predicted octanol–water partition coefficient (Wildman–Crippen LogP) is 3.34. The lowest BCUT2D eigenvalue weighted by Crippen LogP contribution is -2.51. The summed E-state index contributed by atoms with van der Waals surface area (Å²) in [5.41, 5.74) is -1.04. The second-order valence-electron chi connectivity index (χ2n) is 8.23. The molecule has 0 unspecified atom stereocenters. The van der Waals surface area contributed by atoms with Gasteiger partial charge in [0, 0.05) is 32.4 Å². The SMILES string of the molecule is Cc1cc2nc(C(F)(F)F)c(=O)n([C@@H](C)C(=O)N3CCN(c4ccccn4)CC3)c2cc1C. The van der Waals surface area contributed by atoms with Gasteiger partial charge in [0.15, 0.2) is 0 Å². The zero-order chi connectivity index (χ0) is 23.9. The summed E-state index contributed by atoms with van der Waals surface area (Å²) in [6, 6.07) is 7.59. The van der Waals surface area contributed by atoms with Crippen molar-refractivity contribution in [1.29, 1.82) is 0 Å². The summed E-state index contributed by atoms with van der Waals surface area (Å²) in [7, 11) is 0. The Labute approximate surface area is 188 Å². The van der Waals surface area contributed by atoms with E-state index >= 15 is 0 Å². The van der Waals surface area contributed by atoms with Gasteiger partial charge in [0.05, 0.1) is 11.0 Å². The minimum atomic E-state index is -4.93. The van der Waals surface area contributed by atoms with Crippen LogP contribution in [-0.4, -0.2) is 51.5 Å². The Bertz CT molecular complexity index is 1250. The summed E-state index contributed by atoms with van der Waals surface area (Å²) in [6.07, 6.45) is -3.24. The smallest absolute Gasteiger partial charge is 0.353 e. The first-order valence-electron chi connectivity index (χ1n) is 10.6. The summed E-state index contributed by atoms with van der Waals surface area (Å²) in [6.45, 7) is 6.84. The van der Waals surface area contributed by atoms with E-state index in [1.54, 1.807) is 31.0 Å². The Morgan fingerprint density at radius 3 is 2.33 bits per heavy atom. The normalized spacial score (nSPS) is 15.7. The highest BCUT2D eigenvalue weighted by Gasteiger charge is 2.39. The van der Waals surface area contributed by atoms with E-state index < -0.39 is 29.4 Å². The van der Waals surface area contributed by atoms with Crippen molar-refractivity contribution in [3.8, 4) is 0 Å². The van der Waals surface area contributed by atoms with Crippen LogP contribution in [0.1, 0.15) is 29.8 Å². The van der Waals surface area contributed by atoms with Crippen molar-refractivity contribution in [3.05, 3.63) is 63.7 Å². The quantitative estimate of drug-likeness (QED) is 0.601. The Balaban J connectivity index is 1.68. The van der Waals surface area contributed by atoms with Crippen molar-refractivity contribution in [3.63, 3.8) is 0 Å². The first-order chi connectivity index (χ1) is 15.6. The van der Waals surface area contributed by atoms with E-state index in [0.29, 0.717) is 26.2 Å². The zero-order valence-electron chi connectivity index (χ0n) is 18.6. The van der Waals surface area contributed by atoms with Crippen LogP contribution in [0, 0.1) is 13.8 Å². The van der Waals surface area contributed by atoms with Crippen LogP contribution in [0.5, 0.6) is 0 Å². The van der Waals surface area contributed by atoms with Gasteiger partial charge in [-0.2, -0.15) is 13.2 Å². The molecule has 0 N–H and O–H groups in total. The van der Waals surface area contributed by atoms with Gasteiger partial charge in [0.25, 0.3) is 5.56 Å². The number of nitrogens with zero attached hydrogens (tertiary/aromatic N) is 5. The van der Waals surface area contributed by atoms with Crippen molar-refractivity contribution in [2.45, 2.75) is 33.0 Å². The molecule has 0 bridgehead atoms. The fourth-order valence-corrected chi connectivity index (χ4v) is 4.10. The third-order valence-electron chi connectivity index (χ3n) is 6.08. The average molecular weight is 459 g/mol. The molecule has 1 aliphatic heterocycles. The fourth-order valence-electron chi connectivity index (χ4n) is 4.10. The minimum Gasteiger partial charge on any atom is -0.353 e. The van der Waals surface area contributed by atoms with Gasteiger partial charge in [-0.1, -0.05) is 6.07 Å². The fraction of sp³-hybridized carbons (Fsp3) is 0.391. The molecular formula is C23H24F3N5O2. The number of piperazine rings is 1. The maximum atomic E-state index is 13.6. The lowest BCUT2D eigenvalue weighted by atomic mass is 10.1. The molecule has 0 aliphatic carbocycles. The number of carbonyl (C=O) groups is 1. The lowest BCUT2D eigenvalue weighted by molar-refractivity contribution is -0.143. The summed E-state index contributed by atoms with van der Waals surface area (Å²) in [4.78, 5) is 37.7. The second-order valence-corrected chi connectivity index (χ2v) is 8.23. The number of amides is 1. The lowest BCUT2D eigenvalue weighted by Gasteiger charge is -2.36. The van der Waals surface area contributed by atoms with Crippen molar-refractivity contribution < 1.29 is 18.0 Å². The molecule has 10 heteroatoms. The maximum absolute atomic E-state index is 13.6. The number of hydrogen-bond donors (Lipinski definition) is 0. The van der Waals surface area contributed by atoms with Crippen LogP contribution in [0.25, 0.3) is 11.0 Å². The molecule has 7 nitrogen and oxygen atoms in total. The maximum Gasteiger partial charge on any atom is 0.438 e. The number of hydrogen-bond acceptors (Lipinski definition) is 5. The highest BCUT2D eigenvalue weighted by molar-refractivity contribution is 5.84. The van der Waals surface area contributed by atoms with Gasteiger partial charge in [-0.05, 0) is 56.2 Å². The number of rotatable bonds is 3. The first kappa shape index (κ1) is 22.8. The van der Waals surface area contributed by atoms with Crippen molar-refractivity contribution >= 4 is 22.8 Å². The number of halogens is 3. The van der Waals surface area contributed by atoms with Gasteiger partial charge < -0.3 is 9.80 Å². The number of aryl methyl sites for hydroxylation is 2. The van der Waals surface area contributed by atoms with Crippen LogP contribution in [0.4, 0.5) is 19.0 Å². The van der Waals surface area contributed by atoms with E-state index in [9.17, 15) is 22.8 Å². The van der Waals surface area contributed by atoms with Gasteiger partial charge in [0.2, 0.25) is 11.6 Å². The zero-order valence-corrected chi connectivity index (χ0v) is 18.6. The third kappa shape index (κ3) is 4.29. The van der Waals surface area contributed by atoms with Gasteiger partial charge >= 0.3 is 6.18 Å². The van der Waals surface area contributed by atoms with Crippen LogP contribution >= 0.6 is 0 Å². The number of carbonyl (C=O) groups excluding carboxylic acids is 1. The van der Waals surface area contributed by atoms with Crippen LogP contribution < -0.4 is 10.5 Å². The number of alkyl halides is 3. The predicted molar refractivity (Wildman–Crippen MR) is 118 cm³/mol. The van der Waals surface area contributed by atoms with E-state index in [1.807, 2.05) is 23.1 Å². The van der Waals surface area contributed by atoms with Crippen molar-refractivity contribution in [2.75, 3.05) is 31.1 Å². The Morgan fingerprint density at radius 1 is 1.06 bits per heavy atom. The average Bonchev–Trinajstić information content (AvgIpc) is 2.79. The Hall–Kier alpha value is -3.43. The molecule has 0 spiro atoms. The molecule has 1 fully saturated rings. The van der Waals surface area contributed by atoms with Gasteiger partial charge in [-0.3, -0.25) is 14.2 Å². The third-order valence-corrected chi connectivity index (χ3v) is 6.08. The topological polar surface area (TPSA) is 71.3 Å². The second kappa shape index (κ2) is 8.49. The summed E-state index contributed by atoms with van der Waals surface area (Å²) >= 11 is 0. The summed E-state index contributed by atoms with van der Waals surface area (Å²) in [5, 5.41) is 0. The van der Waals surface area contributed by atoms with E-state index in [0.717, 1.165) is 21.5 Å². The van der Waals surface area contributed by atoms with E-state index in [2.05, 4.69) is 9.97 Å². The Morgan fingerprint density at radius 2 is 1.73 bits per heavy atom. The molecule has 4 rings (SSSR count). The van der Waals surface area contributed by atoms with Gasteiger partial charge in [-0.15, -0.1) is 0 Å². The molecule has 33 heavy (non-hydrogen) atoms. The largest absolute Gasteiger partial charge is 0.438 e. The highest BCUT2D eigenvalue weighted by atomic mass is 19.4. The molecule has 0 saturated carbocycles.